The van der Waals surface area contributed by atoms with Crippen LogP contribution in [0, 0.1) is 19.3 Å². The van der Waals surface area contributed by atoms with Gasteiger partial charge in [-0.05, 0) is 97.9 Å². The van der Waals surface area contributed by atoms with Crippen molar-refractivity contribution in [2.24, 2.45) is 5.41 Å². The molecule has 1 N–H and O–H groups in total. The van der Waals surface area contributed by atoms with Gasteiger partial charge < -0.3 is 15.1 Å². The summed E-state index contributed by atoms with van der Waals surface area (Å²) in [6.45, 7) is 6.87. The number of fused-ring (bicyclic) bond motifs is 2. The molecule has 13 heteroatoms. The first-order chi connectivity index (χ1) is 22.6. The summed E-state index contributed by atoms with van der Waals surface area (Å²) in [6, 6.07) is 6.34. The Morgan fingerprint density at radius 1 is 1.06 bits per heavy atom. The number of likely N-dealkylation sites (tertiary alicyclic amines) is 2. The van der Waals surface area contributed by atoms with Gasteiger partial charge in [0.15, 0.2) is 5.78 Å². The number of aryl methyl sites for hydroxylation is 2. The number of halogens is 2. The predicted octanol–water partition coefficient (Wildman–Crippen LogP) is 5.03. The number of anilines is 1. The second-order valence-corrected chi connectivity index (χ2v) is 13.9. The van der Waals surface area contributed by atoms with Gasteiger partial charge in [-0.3, -0.25) is 19.1 Å². The maximum absolute atomic E-state index is 14.7. The number of Topliss-reactive ketones (excluding diaryl/α,β-unsaturated/α-hetero) is 1. The largest absolute Gasteiger partial charge is 0.325 e. The zero-order chi connectivity index (χ0) is 33.0. The summed E-state index contributed by atoms with van der Waals surface area (Å²) in [6.07, 6.45) is 6.99. The molecular weight excluding hydrogens is 667 g/mol. The molecule has 3 aliphatic rings. The molecule has 244 valence electrons. The molecule has 1 aliphatic carbocycles. The van der Waals surface area contributed by atoms with Gasteiger partial charge in [0.2, 0.25) is 11.8 Å². The minimum Gasteiger partial charge on any atom is -0.325 e. The smallest absolute Gasteiger partial charge is 0.248 e. The molecule has 2 aliphatic heterocycles. The molecule has 0 bridgehead atoms. The second kappa shape index (κ2) is 12.2. The summed E-state index contributed by atoms with van der Waals surface area (Å²) in [7, 11) is 0. The standard InChI is InChI=1S/C34H36BrFN8O3/c1-19-6-7-28(35)39-32(19)40-33(47)26-12-34(18-42-8-4-5-9-42)13-27(34)44(26)29(46)17-43-31-23(14-36)10-22(24-15-37-21(3)38-16-24)11-25(31)30(41-43)20(2)45/h6-7,10-11,15-16,26-27H,4-5,8-9,12-14,17-18H2,1-3H3,(H,39,40,47)/t26-,27+,34-/m0/s1. The van der Waals surface area contributed by atoms with Crippen molar-refractivity contribution in [3.8, 4) is 11.1 Å². The molecule has 0 spiro atoms. The highest BCUT2D eigenvalue weighted by atomic mass is 79.9. The van der Waals surface area contributed by atoms with Gasteiger partial charge in [0.25, 0.3) is 0 Å². The number of carbonyl (C=O) groups excluding carboxylic acids is 3. The van der Waals surface area contributed by atoms with Crippen molar-refractivity contribution in [1.82, 2.24) is 34.5 Å². The fourth-order valence-electron chi connectivity index (χ4n) is 7.46. The molecule has 0 radical (unpaired) electrons. The molecule has 2 saturated heterocycles. The number of alkyl halides is 1. The Balaban J connectivity index is 1.23. The van der Waals surface area contributed by atoms with Crippen LogP contribution in [0.15, 0.2) is 41.3 Å². The van der Waals surface area contributed by atoms with Crippen molar-refractivity contribution >= 4 is 50.2 Å². The van der Waals surface area contributed by atoms with E-state index in [1.807, 2.05) is 19.1 Å². The molecule has 11 nitrogen and oxygen atoms in total. The normalized spacial score (nSPS) is 22.1. The lowest BCUT2D eigenvalue weighted by molar-refractivity contribution is -0.138. The third-order valence-electron chi connectivity index (χ3n) is 9.85. The average molecular weight is 704 g/mol. The highest BCUT2D eigenvalue weighted by Crippen LogP contribution is 2.60. The summed E-state index contributed by atoms with van der Waals surface area (Å²) in [4.78, 5) is 58.1. The number of piperidine rings is 1. The molecule has 1 aromatic carbocycles. The van der Waals surface area contributed by atoms with E-state index in [0.29, 0.717) is 50.3 Å². The summed E-state index contributed by atoms with van der Waals surface area (Å²) in [5.41, 5.74) is 2.81. The van der Waals surface area contributed by atoms with Crippen LogP contribution in [0.4, 0.5) is 10.2 Å². The van der Waals surface area contributed by atoms with E-state index in [1.54, 1.807) is 36.4 Å². The third kappa shape index (κ3) is 5.84. The van der Waals surface area contributed by atoms with E-state index in [0.717, 1.165) is 44.5 Å². The van der Waals surface area contributed by atoms with Crippen LogP contribution in [0.3, 0.4) is 0 Å². The quantitative estimate of drug-likeness (QED) is 0.190. The van der Waals surface area contributed by atoms with Crippen LogP contribution in [0.5, 0.6) is 0 Å². The topological polar surface area (TPSA) is 126 Å². The molecule has 7 rings (SSSR count). The highest BCUT2D eigenvalue weighted by molar-refractivity contribution is 9.10. The number of amides is 2. The van der Waals surface area contributed by atoms with Crippen molar-refractivity contribution in [1.29, 1.82) is 0 Å². The van der Waals surface area contributed by atoms with Crippen LogP contribution >= 0.6 is 15.9 Å². The van der Waals surface area contributed by atoms with Gasteiger partial charge in [0.1, 0.15) is 41.2 Å². The number of rotatable bonds is 9. The highest BCUT2D eigenvalue weighted by Gasteiger charge is 2.67. The first-order valence-corrected chi connectivity index (χ1v) is 16.7. The second-order valence-electron chi connectivity index (χ2n) is 13.1. The first kappa shape index (κ1) is 31.5. The van der Waals surface area contributed by atoms with Crippen molar-refractivity contribution in [2.75, 3.05) is 25.0 Å². The van der Waals surface area contributed by atoms with Gasteiger partial charge in [0.05, 0.1) is 5.52 Å². The van der Waals surface area contributed by atoms with Crippen LogP contribution in [0.2, 0.25) is 0 Å². The molecule has 47 heavy (non-hydrogen) atoms. The van der Waals surface area contributed by atoms with Gasteiger partial charge in [-0.2, -0.15) is 5.10 Å². The van der Waals surface area contributed by atoms with E-state index in [4.69, 9.17) is 0 Å². The Kier molecular flexibility index (Phi) is 8.15. The monoisotopic (exact) mass is 702 g/mol. The molecule has 3 fully saturated rings. The van der Waals surface area contributed by atoms with Gasteiger partial charge in [-0.1, -0.05) is 6.07 Å². The molecule has 3 atom stereocenters. The number of hydrogen-bond donors (Lipinski definition) is 1. The van der Waals surface area contributed by atoms with Gasteiger partial charge >= 0.3 is 0 Å². The zero-order valence-corrected chi connectivity index (χ0v) is 28.2. The fraction of sp³-hybridized carbons (Fsp3) is 0.441. The summed E-state index contributed by atoms with van der Waals surface area (Å²) in [5, 5.41) is 7.98. The third-order valence-corrected chi connectivity index (χ3v) is 10.3. The van der Waals surface area contributed by atoms with E-state index in [1.165, 1.54) is 11.6 Å². The van der Waals surface area contributed by atoms with E-state index in [9.17, 15) is 18.8 Å². The van der Waals surface area contributed by atoms with Crippen LogP contribution in [0.1, 0.15) is 60.0 Å². The average Bonchev–Trinajstić information content (AvgIpc) is 3.38. The Hall–Kier alpha value is -4.10. The van der Waals surface area contributed by atoms with Crippen LogP contribution < -0.4 is 5.32 Å². The number of pyridine rings is 1. The van der Waals surface area contributed by atoms with Crippen molar-refractivity contribution < 1.29 is 18.8 Å². The minimum absolute atomic E-state index is 0.0918. The lowest BCUT2D eigenvalue weighted by Crippen LogP contribution is -2.47. The maximum atomic E-state index is 14.7. The van der Waals surface area contributed by atoms with E-state index < -0.39 is 12.7 Å². The van der Waals surface area contributed by atoms with Crippen molar-refractivity contribution in [3.05, 3.63) is 63.9 Å². The summed E-state index contributed by atoms with van der Waals surface area (Å²) >= 11 is 3.38. The van der Waals surface area contributed by atoms with Gasteiger partial charge in [-0.15, -0.1) is 0 Å². The first-order valence-electron chi connectivity index (χ1n) is 15.9. The lowest BCUT2D eigenvalue weighted by atomic mass is 9.98. The van der Waals surface area contributed by atoms with E-state index in [2.05, 4.69) is 46.2 Å². The molecule has 5 heterocycles. The van der Waals surface area contributed by atoms with Crippen LogP contribution in [0.25, 0.3) is 22.0 Å². The van der Waals surface area contributed by atoms with Crippen molar-refractivity contribution in [2.45, 2.75) is 71.8 Å². The predicted molar refractivity (Wildman–Crippen MR) is 177 cm³/mol. The minimum atomic E-state index is -0.830. The number of nitrogens with zero attached hydrogens (tertiary/aromatic N) is 7. The number of nitrogens with one attached hydrogen (secondary N) is 1. The molecule has 3 aromatic heterocycles. The van der Waals surface area contributed by atoms with Crippen LogP contribution in [-0.2, 0) is 22.8 Å². The van der Waals surface area contributed by atoms with E-state index in [-0.39, 0.29) is 41.3 Å². The molecule has 1 saturated carbocycles. The molecule has 2 amide bonds. The number of hydrogen-bond acceptors (Lipinski definition) is 8. The maximum Gasteiger partial charge on any atom is 0.248 e. The Morgan fingerprint density at radius 2 is 1.81 bits per heavy atom. The van der Waals surface area contributed by atoms with E-state index >= 15 is 0 Å². The Labute approximate surface area is 280 Å². The SMILES string of the molecule is CC(=O)c1nn(CC(=O)N2[C@H](C(=O)Nc3nc(Br)ccc3C)C[C@@]3(CN4CCCC4)C[C@@H]23)c2c(CF)cc(-c3cnc(C)nc3)cc12. The molecular formula is C34H36BrFN8O3. The number of benzene rings is 1. The fourth-order valence-corrected chi connectivity index (χ4v) is 7.77. The number of carbonyl (C=O) groups is 3. The zero-order valence-electron chi connectivity index (χ0n) is 26.6. The van der Waals surface area contributed by atoms with Gasteiger partial charge in [-0.25, -0.2) is 19.3 Å². The van der Waals surface area contributed by atoms with Crippen LogP contribution in [-0.4, -0.2) is 83.8 Å². The molecule has 4 aromatic rings. The molecule has 0 unspecified atom stereocenters. The lowest BCUT2D eigenvalue weighted by Gasteiger charge is -2.27. The summed E-state index contributed by atoms with van der Waals surface area (Å²) in [5.74, 6) is 0.163. The number of ketones is 1. The summed E-state index contributed by atoms with van der Waals surface area (Å²) < 4.78 is 16.7. The Morgan fingerprint density at radius 3 is 2.51 bits per heavy atom. The Bertz CT molecular complexity index is 1910. The van der Waals surface area contributed by atoms with Crippen molar-refractivity contribution in [3.63, 3.8) is 0 Å². The number of aromatic nitrogens is 5. The van der Waals surface area contributed by atoms with Gasteiger partial charge in [0, 0.05) is 53.8 Å².